The summed E-state index contributed by atoms with van der Waals surface area (Å²) in [4.78, 5) is 19.0. The van der Waals surface area contributed by atoms with Gasteiger partial charge in [0, 0.05) is 37.4 Å². The molecule has 2 aliphatic heterocycles. The Labute approximate surface area is 102 Å². The number of rotatable bonds is 2. The number of imidazole rings is 1. The average molecular weight is 233 g/mol. The van der Waals surface area contributed by atoms with Crippen LogP contribution in [0.5, 0.6) is 0 Å². The van der Waals surface area contributed by atoms with Crippen molar-refractivity contribution in [3.8, 4) is 0 Å². The van der Waals surface area contributed by atoms with Gasteiger partial charge in [-0.1, -0.05) is 0 Å². The Bertz CT molecular complexity index is 426. The summed E-state index contributed by atoms with van der Waals surface area (Å²) < 4.78 is 1.84. The lowest BCUT2D eigenvalue weighted by atomic mass is 9.87. The van der Waals surface area contributed by atoms with Gasteiger partial charge in [-0.05, 0) is 32.7 Å². The van der Waals surface area contributed by atoms with Crippen molar-refractivity contribution in [3.05, 3.63) is 18.2 Å². The number of nitrogens with zero attached hydrogens (tertiary/aromatic N) is 3. The molecule has 2 unspecified atom stereocenters. The Morgan fingerprint density at radius 1 is 1.29 bits per heavy atom. The molecule has 2 saturated heterocycles. The summed E-state index contributed by atoms with van der Waals surface area (Å²) >= 11 is 0. The van der Waals surface area contributed by atoms with Gasteiger partial charge in [-0.15, -0.1) is 0 Å². The number of hydrogen-bond acceptors (Lipinski definition) is 3. The lowest BCUT2D eigenvalue weighted by Crippen LogP contribution is -2.42. The molecule has 3 rings (SSSR count). The molecule has 0 radical (unpaired) electrons. The van der Waals surface area contributed by atoms with Crippen LogP contribution in [-0.4, -0.2) is 39.4 Å². The predicted octanol–water partition coefficient (Wildman–Crippen LogP) is 1.48. The predicted molar refractivity (Wildman–Crippen MR) is 64.8 cm³/mol. The summed E-state index contributed by atoms with van der Waals surface area (Å²) in [6.45, 7) is 0. The van der Waals surface area contributed by atoms with E-state index >= 15 is 0 Å². The van der Waals surface area contributed by atoms with Crippen LogP contribution in [0.1, 0.15) is 36.3 Å². The van der Waals surface area contributed by atoms with Crippen molar-refractivity contribution in [1.82, 2.24) is 14.5 Å². The second kappa shape index (κ2) is 3.95. The molecule has 3 heterocycles. The Hall–Kier alpha value is -1.16. The van der Waals surface area contributed by atoms with Crippen molar-refractivity contribution in [3.63, 3.8) is 0 Å². The number of aromatic nitrogens is 2. The summed E-state index contributed by atoms with van der Waals surface area (Å²) in [5, 5.41) is 0. The summed E-state index contributed by atoms with van der Waals surface area (Å²) in [6.07, 6.45) is 8.09. The molecule has 1 aromatic rings. The van der Waals surface area contributed by atoms with Crippen LogP contribution in [0.25, 0.3) is 0 Å². The van der Waals surface area contributed by atoms with Gasteiger partial charge >= 0.3 is 0 Å². The van der Waals surface area contributed by atoms with Gasteiger partial charge in [0.15, 0.2) is 5.82 Å². The monoisotopic (exact) mass is 233 g/mol. The highest BCUT2D eigenvalue weighted by Crippen LogP contribution is 2.38. The van der Waals surface area contributed by atoms with Gasteiger partial charge in [0.05, 0.1) is 0 Å². The van der Waals surface area contributed by atoms with Crippen molar-refractivity contribution in [1.29, 1.82) is 0 Å². The summed E-state index contributed by atoms with van der Waals surface area (Å²) in [7, 11) is 4.09. The fourth-order valence-corrected chi connectivity index (χ4v) is 3.41. The zero-order valence-electron chi connectivity index (χ0n) is 10.5. The first-order chi connectivity index (χ1) is 8.16. The Morgan fingerprint density at radius 2 is 1.94 bits per heavy atom. The second-order valence-electron chi connectivity index (χ2n) is 5.44. The third kappa shape index (κ3) is 1.71. The quantitative estimate of drug-likeness (QED) is 0.726. The smallest absolute Gasteiger partial charge is 0.201 e. The van der Waals surface area contributed by atoms with Crippen molar-refractivity contribution < 1.29 is 4.79 Å². The van der Waals surface area contributed by atoms with E-state index in [2.05, 4.69) is 16.9 Å². The van der Waals surface area contributed by atoms with Crippen LogP contribution in [0.2, 0.25) is 0 Å². The van der Waals surface area contributed by atoms with E-state index in [4.69, 9.17) is 0 Å². The van der Waals surface area contributed by atoms with E-state index < -0.39 is 0 Å². The normalized spacial score (nSPS) is 32.9. The fourth-order valence-electron chi connectivity index (χ4n) is 3.41. The van der Waals surface area contributed by atoms with Gasteiger partial charge in [0.25, 0.3) is 0 Å². The van der Waals surface area contributed by atoms with Crippen LogP contribution in [0, 0.1) is 5.92 Å². The standard InChI is InChI=1S/C13H19N3O/c1-15-6-5-14-13(15)12(17)9-7-10-3-4-11(8-9)16(10)2/h5-6,9-11H,3-4,7-8H2,1-2H3. The van der Waals surface area contributed by atoms with Gasteiger partial charge in [-0.3, -0.25) is 4.79 Å². The highest BCUT2D eigenvalue weighted by Gasteiger charge is 2.41. The van der Waals surface area contributed by atoms with Crippen molar-refractivity contribution in [2.45, 2.75) is 37.8 Å². The SMILES string of the molecule is CN1C2CCC1CC(C(=O)c1nccn1C)C2. The topological polar surface area (TPSA) is 38.1 Å². The molecule has 0 aliphatic carbocycles. The van der Waals surface area contributed by atoms with E-state index in [0.29, 0.717) is 17.9 Å². The molecular formula is C13H19N3O. The van der Waals surface area contributed by atoms with Crippen molar-refractivity contribution in [2.24, 2.45) is 13.0 Å². The molecule has 0 spiro atoms. The van der Waals surface area contributed by atoms with E-state index in [9.17, 15) is 4.79 Å². The Balaban J connectivity index is 1.79. The molecule has 0 saturated carbocycles. The van der Waals surface area contributed by atoms with E-state index in [0.717, 1.165) is 12.8 Å². The maximum absolute atomic E-state index is 12.4. The maximum Gasteiger partial charge on any atom is 0.201 e. The van der Waals surface area contributed by atoms with Gasteiger partial charge in [-0.2, -0.15) is 0 Å². The third-order valence-electron chi connectivity index (χ3n) is 4.51. The van der Waals surface area contributed by atoms with Crippen LogP contribution in [0.4, 0.5) is 0 Å². The number of piperidine rings is 1. The first-order valence-corrected chi connectivity index (χ1v) is 6.40. The van der Waals surface area contributed by atoms with E-state index in [-0.39, 0.29) is 11.7 Å². The van der Waals surface area contributed by atoms with Crippen LogP contribution in [-0.2, 0) is 7.05 Å². The molecule has 17 heavy (non-hydrogen) atoms. The number of Topliss-reactive ketones (excluding diaryl/α,β-unsaturated/α-hetero) is 1. The number of carbonyl (C=O) groups excluding carboxylic acids is 1. The first kappa shape index (κ1) is 11.0. The number of carbonyl (C=O) groups is 1. The van der Waals surface area contributed by atoms with E-state index in [1.807, 2.05) is 17.8 Å². The van der Waals surface area contributed by atoms with E-state index in [1.54, 1.807) is 6.20 Å². The zero-order valence-corrected chi connectivity index (χ0v) is 10.5. The van der Waals surface area contributed by atoms with Crippen LogP contribution < -0.4 is 0 Å². The number of aryl methyl sites for hydroxylation is 1. The second-order valence-corrected chi connectivity index (χ2v) is 5.44. The van der Waals surface area contributed by atoms with Crippen LogP contribution in [0.15, 0.2) is 12.4 Å². The summed E-state index contributed by atoms with van der Waals surface area (Å²) in [6, 6.07) is 1.23. The van der Waals surface area contributed by atoms with Gasteiger partial charge in [-0.25, -0.2) is 4.98 Å². The molecule has 4 nitrogen and oxygen atoms in total. The Kier molecular flexibility index (Phi) is 2.54. The highest BCUT2D eigenvalue weighted by molar-refractivity contribution is 5.94. The molecule has 92 valence electrons. The largest absolute Gasteiger partial charge is 0.332 e. The molecule has 2 aliphatic rings. The summed E-state index contributed by atoms with van der Waals surface area (Å²) in [5.74, 6) is 1.05. The van der Waals surface area contributed by atoms with Gasteiger partial charge < -0.3 is 9.47 Å². The molecule has 2 atom stereocenters. The average Bonchev–Trinajstić information content (AvgIpc) is 2.79. The molecule has 2 fully saturated rings. The highest BCUT2D eigenvalue weighted by atomic mass is 16.1. The summed E-state index contributed by atoms with van der Waals surface area (Å²) in [5.41, 5.74) is 0. The molecule has 0 amide bonds. The third-order valence-corrected chi connectivity index (χ3v) is 4.51. The number of fused-ring (bicyclic) bond motifs is 2. The lowest BCUT2D eigenvalue weighted by Gasteiger charge is -2.35. The number of hydrogen-bond donors (Lipinski definition) is 0. The number of ketones is 1. The molecule has 1 aromatic heterocycles. The van der Waals surface area contributed by atoms with E-state index in [1.165, 1.54) is 12.8 Å². The minimum Gasteiger partial charge on any atom is -0.332 e. The van der Waals surface area contributed by atoms with Gasteiger partial charge in [0.1, 0.15) is 0 Å². The Morgan fingerprint density at radius 3 is 2.47 bits per heavy atom. The molecular weight excluding hydrogens is 214 g/mol. The minimum absolute atomic E-state index is 0.185. The fraction of sp³-hybridized carbons (Fsp3) is 0.692. The molecule has 4 heteroatoms. The first-order valence-electron chi connectivity index (χ1n) is 6.40. The molecule has 2 bridgehead atoms. The van der Waals surface area contributed by atoms with Gasteiger partial charge in [0.2, 0.25) is 5.78 Å². The maximum atomic E-state index is 12.4. The molecule has 0 N–H and O–H groups in total. The van der Waals surface area contributed by atoms with Crippen molar-refractivity contribution >= 4 is 5.78 Å². The zero-order chi connectivity index (χ0) is 12.0. The van der Waals surface area contributed by atoms with Crippen LogP contribution in [0.3, 0.4) is 0 Å². The lowest BCUT2D eigenvalue weighted by molar-refractivity contribution is 0.0753. The molecule has 0 aromatic carbocycles. The minimum atomic E-state index is 0.185. The van der Waals surface area contributed by atoms with Crippen molar-refractivity contribution in [2.75, 3.05) is 7.05 Å². The van der Waals surface area contributed by atoms with Crippen LogP contribution >= 0.6 is 0 Å².